The molecule has 3 nitrogen and oxygen atoms in total. The predicted octanol–water partition coefficient (Wildman–Crippen LogP) is 3.55. The molecule has 130 valence electrons. The molecule has 0 saturated heterocycles. The van der Waals surface area contributed by atoms with Crippen molar-refractivity contribution in [3.63, 3.8) is 0 Å². The average Bonchev–Trinajstić information content (AvgIpc) is 3.04. The second-order valence-corrected chi connectivity index (χ2v) is 6.95. The van der Waals surface area contributed by atoms with Crippen LogP contribution in [0.3, 0.4) is 0 Å². The van der Waals surface area contributed by atoms with Crippen LogP contribution in [0.1, 0.15) is 29.5 Å². The predicted molar refractivity (Wildman–Crippen MR) is 97.1 cm³/mol. The second kappa shape index (κ2) is 6.87. The van der Waals surface area contributed by atoms with Crippen molar-refractivity contribution < 1.29 is 9.18 Å². The van der Waals surface area contributed by atoms with Gasteiger partial charge in [0.25, 0.3) is 0 Å². The zero-order valence-corrected chi connectivity index (χ0v) is 14.4. The number of amides is 1. The quantitative estimate of drug-likeness (QED) is 0.851. The van der Waals surface area contributed by atoms with E-state index in [-0.39, 0.29) is 11.7 Å². The zero-order chi connectivity index (χ0) is 17.2. The molecule has 2 aromatic carbocycles. The Morgan fingerprint density at radius 3 is 2.76 bits per heavy atom. The van der Waals surface area contributed by atoms with Crippen molar-refractivity contribution in [2.75, 3.05) is 24.5 Å². The standard InChI is InChI=1S/C21H23FN2O/c22-19-8-7-16-9-13-24(15-18(16)14-19)21(25)6-3-11-23-12-10-17-4-1-2-5-20(17)23/h1-2,4-5,7-8,14H,3,6,9-13,15H2. The maximum Gasteiger partial charge on any atom is 0.222 e. The highest BCUT2D eigenvalue weighted by Crippen LogP contribution is 2.27. The third kappa shape index (κ3) is 3.39. The lowest BCUT2D eigenvalue weighted by molar-refractivity contribution is -0.132. The minimum atomic E-state index is -0.222. The number of anilines is 1. The summed E-state index contributed by atoms with van der Waals surface area (Å²) in [5, 5.41) is 0. The molecule has 0 aromatic heterocycles. The summed E-state index contributed by atoms with van der Waals surface area (Å²) in [6.07, 6.45) is 3.34. The third-order valence-corrected chi connectivity index (χ3v) is 5.34. The molecule has 4 rings (SSSR count). The Kier molecular flexibility index (Phi) is 4.43. The van der Waals surface area contributed by atoms with E-state index in [2.05, 4.69) is 29.2 Å². The van der Waals surface area contributed by atoms with E-state index in [1.54, 1.807) is 6.07 Å². The molecule has 1 amide bonds. The maximum atomic E-state index is 13.4. The number of carbonyl (C=O) groups excluding carboxylic acids is 1. The number of carbonyl (C=O) groups is 1. The molecule has 0 saturated carbocycles. The Hall–Kier alpha value is -2.36. The smallest absolute Gasteiger partial charge is 0.222 e. The lowest BCUT2D eigenvalue weighted by Gasteiger charge is -2.29. The van der Waals surface area contributed by atoms with Crippen molar-refractivity contribution in [2.45, 2.75) is 32.2 Å². The van der Waals surface area contributed by atoms with Gasteiger partial charge in [-0.15, -0.1) is 0 Å². The molecule has 2 heterocycles. The van der Waals surface area contributed by atoms with E-state index in [4.69, 9.17) is 0 Å². The van der Waals surface area contributed by atoms with Crippen molar-refractivity contribution in [3.8, 4) is 0 Å². The molecular formula is C21H23FN2O. The minimum Gasteiger partial charge on any atom is -0.371 e. The van der Waals surface area contributed by atoms with Crippen LogP contribution in [-0.2, 0) is 24.2 Å². The van der Waals surface area contributed by atoms with Gasteiger partial charge in [-0.05, 0) is 54.2 Å². The molecule has 2 aliphatic heterocycles. The molecule has 25 heavy (non-hydrogen) atoms. The highest BCUT2D eigenvalue weighted by Gasteiger charge is 2.22. The van der Waals surface area contributed by atoms with Crippen molar-refractivity contribution in [1.29, 1.82) is 0 Å². The van der Waals surface area contributed by atoms with Gasteiger partial charge in [0.2, 0.25) is 5.91 Å². The van der Waals surface area contributed by atoms with E-state index >= 15 is 0 Å². The van der Waals surface area contributed by atoms with E-state index in [0.717, 1.165) is 44.5 Å². The van der Waals surface area contributed by atoms with E-state index in [0.29, 0.717) is 13.0 Å². The number of fused-ring (bicyclic) bond motifs is 2. The molecule has 0 spiro atoms. The first kappa shape index (κ1) is 16.1. The van der Waals surface area contributed by atoms with Gasteiger partial charge in [0.1, 0.15) is 5.82 Å². The summed E-state index contributed by atoms with van der Waals surface area (Å²) in [7, 11) is 0. The number of benzene rings is 2. The van der Waals surface area contributed by atoms with E-state index < -0.39 is 0 Å². The first-order valence-electron chi connectivity index (χ1n) is 9.08. The molecule has 0 fully saturated rings. The minimum absolute atomic E-state index is 0.183. The topological polar surface area (TPSA) is 23.6 Å². The third-order valence-electron chi connectivity index (χ3n) is 5.34. The number of hydrogen-bond acceptors (Lipinski definition) is 2. The number of hydrogen-bond donors (Lipinski definition) is 0. The molecule has 0 unspecified atom stereocenters. The summed E-state index contributed by atoms with van der Waals surface area (Å²) in [6.45, 7) is 3.24. The Labute approximate surface area is 148 Å². The Balaban J connectivity index is 1.30. The molecule has 4 heteroatoms. The van der Waals surface area contributed by atoms with E-state index in [1.165, 1.54) is 22.9 Å². The fourth-order valence-electron chi connectivity index (χ4n) is 3.96. The van der Waals surface area contributed by atoms with Gasteiger partial charge in [-0.25, -0.2) is 4.39 Å². The van der Waals surface area contributed by atoms with Crippen LogP contribution in [0, 0.1) is 5.82 Å². The van der Waals surface area contributed by atoms with E-state index in [1.807, 2.05) is 11.0 Å². The fraction of sp³-hybridized carbons (Fsp3) is 0.381. The van der Waals surface area contributed by atoms with Crippen LogP contribution in [0.4, 0.5) is 10.1 Å². The molecule has 0 bridgehead atoms. The van der Waals surface area contributed by atoms with Crippen LogP contribution < -0.4 is 4.90 Å². The highest BCUT2D eigenvalue weighted by atomic mass is 19.1. The molecule has 0 radical (unpaired) electrons. The van der Waals surface area contributed by atoms with Gasteiger partial charge >= 0.3 is 0 Å². The molecule has 0 N–H and O–H groups in total. The summed E-state index contributed by atoms with van der Waals surface area (Å²) in [4.78, 5) is 16.8. The zero-order valence-electron chi connectivity index (χ0n) is 14.4. The van der Waals surface area contributed by atoms with Gasteiger partial charge in [-0.3, -0.25) is 4.79 Å². The summed E-state index contributed by atoms with van der Waals surface area (Å²) in [5.41, 5.74) is 4.84. The van der Waals surface area contributed by atoms with Gasteiger partial charge in [-0.2, -0.15) is 0 Å². The van der Waals surface area contributed by atoms with Crippen LogP contribution in [0.5, 0.6) is 0 Å². The van der Waals surface area contributed by atoms with Crippen LogP contribution in [0.25, 0.3) is 0 Å². The first-order valence-corrected chi connectivity index (χ1v) is 9.08. The normalized spacial score (nSPS) is 15.9. The Morgan fingerprint density at radius 1 is 1.00 bits per heavy atom. The Bertz CT molecular complexity index is 789. The van der Waals surface area contributed by atoms with Gasteiger partial charge < -0.3 is 9.80 Å². The molecule has 2 aliphatic rings. The van der Waals surface area contributed by atoms with Crippen molar-refractivity contribution in [2.24, 2.45) is 0 Å². The van der Waals surface area contributed by atoms with Gasteiger partial charge in [0.05, 0.1) is 0 Å². The van der Waals surface area contributed by atoms with Crippen molar-refractivity contribution >= 4 is 11.6 Å². The lowest BCUT2D eigenvalue weighted by atomic mass is 9.99. The summed E-state index contributed by atoms with van der Waals surface area (Å²) in [5.74, 6) is -0.0388. The lowest BCUT2D eigenvalue weighted by Crippen LogP contribution is -2.36. The number of rotatable bonds is 4. The van der Waals surface area contributed by atoms with Crippen LogP contribution in [0.15, 0.2) is 42.5 Å². The summed E-state index contributed by atoms with van der Waals surface area (Å²) >= 11 is 0. The van der Waals surface area contributed by atoms with Crippen LogP contribution in [-0.4, -0.2) is 30.4 Å². The fourth-order valence-corrected chi connectivity index (χ4v) is 3.96. The van der Waals surface area contributed by atoms with Gasteiger partial charge in [0.15, 0.2) is 0 Å². The first-order chi connectivity index (χ1) is 12.2. The molecular weight excluding hydrogens is 315 g/mol. The number of halogens is 1. The highest BCUT2D eigenvalue weighted by molar-refractivity contribution is 5.76. The molecule has 2 aromatic rings. The molecule has 0 atom stereocenters. The largest absolute Gasteiger partial charge is 0.371 e. The van der Waals surface area contributed by atoms with Crippen molar-refractivity contribution in [3.05, 3.63) is 65.0 Å². The van der Waals surface area contributed by atoms with Gasteiger partial charge in [-0.1, -0.05) is 24.3 Å². The summed E-state index contributed by atoms with van der Waals surface area (Å²) < 4.78 is 13.4. The van der Waals surface area contributed by atoms with Crippen molar-refractivity contribution in [1.82, 2.24) is 4.90 Å². The SMILES string of the molecule is O=C(CCCN1CCc2ccccc21)N1CCc2ccc(F)cc2C1. The second-order valence-electron chi connectivity index (χ2n) is 6.95. The maximum absolute atomic E-state index is 13.4. The molecule has 0 aliphatic carbocycles. The average molecular weight is 338 g/mol. The Morgan fingerprint density at radius 2 is 1.84 bits per heavy atom. The summed E-state index contributed by atoms with van der Waals surface area (Å²) in [6, 6.07) is 13.4. The van der Waals surface area contributed by atoms with Crippen LogP contribution >= 0.6 is 0 Å². The van der Waals surface area contributed by atoms with Gasteiger partial charge in [0, 0.05) is 38.3 Å². The number of nitrogens with zero attached hydrogens (tertiary/aromatic N) is 2. The monoisotopic (exact) mass is 338 g/mol. The number of para-hydroxylation sites is 1. The van der Waals surface area contributed by atoms with Crippen LogP contribution in [0.2, 0.25) is 0 Å². The van der Waals surface area contributed by atoms with E-state index in [9.17, 15) is 9.18 Å².